The standard InChI is InChI=1S/C23H36O11S/c1-9-35-22-20-18(33-23(7,8)34-20)16(11(3)28-22)32-21-19(31-14(6)26)17(30-13(5)25)15(10(2)27-21)29-12(4)24/h10-11,15-22H,9H2,1-8H3/t10-,11-,15-,16-,17+,18+,19+,20+,21-,22-/m0/s1. The number of carbonyl (C=O) groups is 3. The van der Waals surface area contributed by atoms with E-state index < -0.39 is 78.8 Å². The molecule has 3 heterocycles. The molecule has 0 bridgehead atoms. The van der Waals surface area contributed by atoms with Gasteiger partial charge in [-0.2, -0.15) is 0 Å². The summed E-state index contributed by atoms with van der Waals surface area (Å²) in [5.41, 5.74) is -0.251. The molecule has 12 heteroatoms. The Bertz CT molecular complexity index is 789. The molecule has 3 aliphatic rings. The first-order chi connectivity index (χ1) is 16.3. The molecule has 0 aromatic heterocycles. The Morgan fingerprint density at radius 2 is 1.29 bits per heavy atom. The van der Waals surface area contributed by atoms with Gasteiger partial charge in [-0.1, -0.05) is 6.92 Å². The topological polar surface area (TPSA) is 125 Å². The highest BCUT2D eigenvalue weighted by atomic mass is 32.2. The lowest BCUT2D eigenvalue weighted by molar-refractivity contribution is -0.329. The summed E-state index contributed by atoms with van der Waals surface area (Å²) >= 11 is 1.61. The first-order valence-electron chi connectivity index (χ1n) is 11.8. The van der Waals surface area contributed by atoms with Crippen LogP contribution in [0.1, 0.15) is 55.4 Å². The molecule has 3 rings (SSSR count). The van der Waals surface area contributed by atoms with E-state index in [1.807, 2.05) is 27.7 Å². The second-order valence-electron chi connectivity index (χ2n) is 9.26. The third kappa shape index (κ3) is 6.66. The van der Waals surface area contributed by atoms with Gasteiger partial charge in [-0.05, 0) is 33.4 Å². The Hall–Kier alpha value is -1.44. The van der Waals surface area contributed by atoms with Gasteiger partial charge in [-0.3, -0.25) is 14.4 Å². The Kier molecular flexibility index (Phi) is 9.09. The van der Waals surface area contributed by atoms with E-state index in [9.17, 15) is 14.4 Å². The third-order valence-electron chi connectivity index (χ3n) is 5.82. The van der Waals surface area contributed by atoms with Crippen LogP contribution in [0.2, 0.25) is 0 Å². The van der Waals surface area contributed by atoms with Crippen molar-refractivity contribution in [1.29, 1.82) is 0 Å². The fourth-order valence-corrected chi connectivity index (χ4v) is 5.62. The molecular formula is C23H36O11S. The number of esters is 3. The lowest BCUT2D eigenvalue weighted by Gasteiger charge is -2.47. The zero-order chi connectivity index (χ0) is 26.1. The van der Waals surface area contributed by atoms with Crippen LogP contribution < -0.4 is 0 Å². The number of rotatable bonds is 7. The van der Waals surface area contributed by atoms with E-state index >= 15 is 0 Å². The van der Waals surface area contributed by atoms with Crippen molar-refractivity contribution >= 4 is 29.7 Å². The minimum absolute atomic E-state index is 0.251. The first kappa shape index (κ1) is 28.1. The Morgan fingerprint density at radius 3 is 1.86 bits per heavy atom. The summed E-state index contributed by atoms with van der Waals surface area (Å²) in [6.45, 7) is 12.8. The summed E-state index contributed by atoms with van der Waals surface area (Å²) < 4.78 is 47.2. The molecule has 3 saturated heterocycles. The van der Waals surface area contributed by atoms with Crippen LogP contribution in [0, 0.1) is 0 Å². The SMILES string of the molecule is CCS[C@@H]1O[C@@H](C)[C@H](O[C@@H]2O[C@@H](C)[C@H](OC(C)=O)[C@@H](OC(C)=O)[C@H]2OC(C)=O)[C@H]2OC(C)(C)O[C@H]21. The van der Waals surface area contributed by atoms with E-state index in [2.05, 4.69) is 0 Å². The minimum atomic E-state index is -1.21. The Labute approximate surface area is 209 Å². The molecule has 0 N–H and O–H groups in total. The third-order valence-corrected chi connectivity index (χ3v) is 6.86. The van der Waals surface area contributed by atoms with Gasteiger partial charge in [0.1, 0.15) is 23.7 Å². The molecule has 0 radical (unpaired) electrons. The molecule has 3 aliphatic heterocycles. The second kappa shape index (κ2) is 11.3. The Morgan fingerprint density at radius 1 is 0.771 bits per heavy atom. The van der Waals surface area contributed by atoms with Gasteiger partial charge in [0.2, 0.25) is 0 Å². The van der Waals surface area contributed by atoms with Crippen molar-refractivity contribution in [3.8, 4) is 0 Å². The van der Waals surface area contributed by atoms with Crippen LogP contribution in [0.25, 0.3) is 0 Å². The van der Waals surface area contributed by atoms with Gasteiger partial charge in [0.15, 0.2) is 30.4 Å². The van der Waals surface area contributed by atoms with Crippen LogP contribution >= 0.6 is 11.8 Å². The number of hydrogen-bond donors (Lipinski definition) is 0. The molecular weight excluding hydrogens is 484 g/mol. The highest BCUT2D eigenvalue weighted by Gasteiger charge is 2.58. The highest BCUT2D eigenvalue weighted by molar-refractivity contribution is 7.99. The molecule has 0 unspecified atom stereocenters. The van der Waals surface area contributed by atoms with E-state index in [1.165, 1.54) is 20.8 Å². The molecule has 11 nitrogen and oxygen atoms in total. The summed E-state index contributed by atoms with van der Waals surface area (Å²) in [6.07, 6.45) is -7.24. The van der Waals surface area contributed by atoms with Gasteiger partial charge in [0.05, 0.1) is 12.2 Å². The van der Waals surface area contributed by atoms with E-state index in [0.29, 0.717) is 0 Å². The van der Waals surface area contributed by atoms with Crippen molar-refractivity contribution in [1.82, 2.24) is 0 Å². The first-order valence-corrected chi connectivity index (χ1v) is 12.8. The lowest BCUT2D eigenvalue weighted by Crippen LogP contribution is -2.64. The van der Waals surface area contributed by atoms with Gasteiger partial charge in [0, 0.05) is 20.8 Å². The molecule has 200 valence electrons. The molecule has 0 spiro atoms. The molecule has 0 amide bonds. The van der Waals surface area contributed by atoms with Crippen LogP contribution in [0.3, 0.4) is 0 Å². The van der Waals surface area contributed by atoms with Crippen LogP contribution in [0.5, 0.6) is 0 Å². The molecule has 35 heavy (non-hydrogen) atoms. The smallest absolute Gasteiger partial charge is 0.303 e. The normalized spacial score (nSPS) is 40.5. The number of thioether (sulfide) groups is 1. The maximum Gasteiger partial charge on any atom is 0.303 e. The molecule has 0 aliphatic carbocycles. The maximum absolute atomic E-state index is 12.0. The number of ether oxygens (including phenoxy) is 8. The van der Waals surface area contributed by atoms with E-state index in [-0.39, 0.29) is 5.44 Å². The highest BCUT2D eigenvalue weighted by Crippen LogP contribution is 2.43. The van der Waals surface area contributed by atoms with Crippen LogP contribution in [-0.4, -0.2) is 90.0 Å². The van der Waals surface area contributed by atoms with Gasteiger partial charge < -0.3 is 37.9 Å². The monoisotopic (exact) mass is 520 g/mol. The van der Waals surface area contributed by atoms with Crippen molar-refractivity contribution in [2.45, 2.75) is 122 Å². The zero-order valence-electron chi connectivity index (χ0n) is 21.4. The molecule has 3 fully saturated rings. The van der Waals surface area contributed by atoms with Crippen molar-refractivity contribution in [3.63, 3.8) is 0 Å². The largest absolute Gasteiger partial charge is 0.456 e. The predicted octanol–water partition coefficient (Wildman–Crippen LogP) is 1.93. The van der Waals surface area contributed by atoms with Crippen LogP contribution in [0.4, 0.5) is 0 Å². The summed E-state index contributed by atoms with van der Waals surface area (Å²) in [4.78, 5) is 35.6. The molecule has 0 aromatic rings. The van der Waals surface area contributed by atoms with Gasteiger partial charge in [-0.15, -0.1) is 11.8 Å². The van der Waals surface area contributed by atoms with E-state index in [1.54, 1.807) is 18.7 Å². The van der Waals surface area contributed by atoms with Gasteiger partial charge >= 0.3 is 17.9 Å². The van der Waals surface area contributed by atoms with Crippen molar-refractivity contribution in [2.75, 3.05) is 5.75 Å². The molecule has 0 aromatic carbocycles. The molecule has 0 saturated carbocycles. The quantitative estimate of drug-likeness (QED) is 0.360. The van der Waals surface area contributed by atoms with E-state index in [0.717, 1.165) is 5.75 Å². The average molecular weight is 521 g/mol. The summed E-state index contributed by atoms with van der Waals surface area (Å²) in [6, 6.07) is 0. The summed E-state index contributed by atoms with van der Waals surface area (Å²) in [5, 5.41) is 0. The predicted molar refractivity (Wildman–Crippen MR) is 122 cm³/mol. The number of hydrogen-bond acceptors (Lipinski definition) is 12. The van der Waals surface area contributed by atoms with Crippen LogP contribution in [0.15, 0.2) is 0 Å². The molecule has 10 atom stereocenters. The fraction of sp³-hybridized carbons (Fsp3) is 0.870. The maximum atomic E-state index is 12.0. The van der Waals surface area contributed by atoms with Gasteiger partial charge in [0.25, 0.3) is 0 Å². The number of carbonyl (C=O) groups excluding carboxylic acids is 3. The Balaban J connectivity index is 1.90. The summed E-state index contributed by atoms with van der Waals surface area (Å²) in [7, 11) is 0. The number of fused-ring (bicyclic) bond motifs is 1. The minimum Gasteiger partial charge on any atom is -0.456 e. The van der Waals surface area contributed by atoms with Gasteiger partial charge in [-0.25, -0.2) is 0 Å². The average Bonchev–Trinajstić information content (AvgIpc) is 3.05. The fourth-order valence-electron chi connectivity index (χ4n) is 4.64. The van der Waals surface area contributed by atoms with Crippen LogP contribution in [-0.2, 0) is 52.3 Å². The van der Waals surface area contributed by atoms with Crippen molar-refractivity contribution < 1.29 is 52.3 Å². The van der Waals surface area contributed by atoms with Crippen molar-refractivity contribution in [3.05, 3.63) is 0 Å². The summed E-state index contributed by atoms with van der Waals surface area (Å²) in [5.74, 6) is -1.91. The zero-order valence-corrected chi connectivity index (χ0v) is 22.2. The van der Waals surface area contributed by atoms with Crippen molar-refractivity contribution in [2.24, 2.45) is 0 Å². The second-order valence-corrected chi connectivity index (χ2v) is 10.6. The lowest BCUT2D eigenvalue weighted by atomic mass is 9.97. The van der Waals surface area contributed by atoms with E-state index in [4.69, 9.17) is 37.9 Å².